The van der Waals surface area contributed by atoms with Crippen molar-refractivity contribution in [3.63, 3.8) is 0 Å². The molecule has 136 valence electrons. The number of hydrogen-bond acceptors (Lipinski definition) is 5. The lowest BCUT2D eigenvalue weighted by Crippen LogP contribution is -2.37. The predicted molar refractivity (Wildman–Crippen MR) is 96.0 cm³/mol. The Kier molecular flexibility index (Phi) is 6.73. The molecule has 0 unspecified atom stereocenters. The Labute approximate surface area is 151 Å². The molecule has 7 heteroatoms. The van der Waals surface area contributed by atoms with E-state index in [2.05, 4.69) is 5.32 Å². The summed E-state index contributed by atoms with van der Waals surface area (Å²) in [6, 6.07) is 15.2. The number of carbonyl (C=O) groups is 3. The fourth-order valence-electron chi connectivity index (χ4n) is 2.10. The molecule has 26 heavy (non-hydrogen) atoms. The molecule has 2 amide bonds. The second kappa shape index (κ2) is 9.22. The Hall–Kier alpha value is -3.35. The standard InChI is InChI=1S/C19H20N2O5/c1-21(12-17(22)20-15-9-6-10-16(11-15)25-2)18(23)13-26-19(24)14-7-4-3-5-8-14/h3-11H,12-13H2,1-2H3,(H,20,22). The molecule has 1 N–H and O–H groups in total. The zero-order chi connectivity index (χ0) is 18.9. The van der Waals surface area contributed by atoms with Gasteiger partial charge in [-0.15, -0.1) is 0 Å². The highest BCUT2D eigenvalue weighted by atomic mass is 16.5. The molecular weight excluding hydrogens is 336 g/mol. The monoisotopic (exact) mass is 356 g/mol. The van der Waals surface area contributed by atoms with Crippen LogP contribution in [0, 0.1) is 0 Å². The first-order chi connectivity index (χ1) is 12.5. The maximum atomic E-state index is 12.0. The molecule has 0 saturated carbocycles. The Morgan fingerprint density at radius 2 is 1.77 bits per heavy atom. The number of benzene rings is 2. The molecule has 2 aromatic rings. The molecule has 0 aliphatic rings. The van der Waals surface area contributed by atoms with E-state index in [1.165, 1.54) is 19.1 Å². The van der Waals surface area contributed by atoms with Crippen LogP contribution in [-0.4, -0.2) is 50.0 Å². The van der Waals surface area contributed by atoms with Crippen LogP contribution in [0.15, 0.2) is 54.6 Å². The first-order valence-corrected chi connectivity index (χ1v) is 7.89. The Morgan fingerprint density at radius 1 is 1.04 bits per heavy atom. The first-order valence-electron chi connectivity index (χ1n) is 7.89. The molecule has 0 radical (unpaired) electrons. The van der Waals surface area contributed by atoms with E-state index in [9.17, 15) is 14.4 Å². The van der Waals surface area contributed by atoms with Gasteiger partial charge in [-0.05, 0) is 24.3 Å². The second-order valence-corrected chi connectivity index (χ2v) is 5.47. The van der Waals surface area contributed by atoms with Gasteiger partial charge in [0, 0.05) is 18.8 Å². The molecule has 0 bridgehead atoms. The van der Waals surface area contributed by atoms with Crippen molar-refractivity contribution in [1.29, 1.82) is 0 Å². The lowest BCUT2D eigenvalue weighted by Gasteiger charge is -2.17. The Bertz CT molecular complexity index is 777. The summed E-state index contributed by atoms with van der Waals surface area (Å²) in [4.78, 5) is 37.0. The minimum absolute atomic E-state index is 0.168. The van der Waals surface area contributed by atoms with Gasteiger partial charge in [0.15, 0.2) is 6.61 Å². The minimum atomic E-state index is -0.590. The van der Waals surface area contributed by atoms with Crippen molar-refractivity contribution >= 4 is 23.5 Å². The molecule has 0 aromatic heterocycles. The van der Waals surface area contributed by atoms with Gasteiger partial charge in [0.2, 0.25) is 5.91 Å². The van der Waals surface area contributed by atoms with Gasteiger partial charge in [-0.3, -0.25) is 9.59 Å². The molecule has 7 nitrogen and oxygen atoms in total. The van der Waals surface area contributed by atoms with E-state index >= 15 is 0 Å². The van der Waals surface area contributed by atoms with E-state index in [0.717, 1.165) is 0 Å². The minimum Gasteiger partial charge on any atom is -0.497 e. The highest BCUT2D eigenvalue weighted by Crippen LogP contribution is 2.16. The largest absolute Gasteiger partial charge is 0.497 e. The van der Waals surface area contributed by atoms with Crippen LogP contribution in [-0.2, 0) is 14.3 Å². The van der Waals surface area contributed by atoms with Gasteiger partial charge in [0.05, 0.1) is 19.2 Å². The van der Waals surface area contributed by atoms with Crippen LogP contribution in [0.25, 0.3) is 0 Å². The number of likely N-dealkylation sites (N-methyl/N-ethyl adjacent to an activating group) is 1. The van der Waals surface area contributed by atoms with Gasteiger partial charge in [-0.1, -0.05) is 24.3 Å². The quantitative estimate of drug-likeness (QED) is 0.767. The van der Waals surface area contributed by atoms with Crippen molar-refractivity contribution in [2.45, 2.75) is 0 Å². The predicted octanol–water partition coefficient (Wildman–Crippen LogP) is 1.95. The van der Waals surface area contributed by atoms with Crippen LogP contribution in [0.1, 0.15) is 10.4 Å². The highest BCUT2D eigenvalue weighted by molar-refractivity contribution is 5.95. The van der Waals surface area contributed by atoms with Crippen LogP contribution < -0.4 is 10.1 Å². The zero-order valence-corrected chi connectivity index (χ0v) is 14.6. The van der Waals surface area contributed by atoms with Gasteiger partial charge in [-0.2, -0.15) is 0 Å². The summed E-state index contributed by atoms with van der Waals surface area (Å²) in [5.74, 6) is -0.827. The fourth-order valence-corrected chi connectivity index (χ4v) is 2.10. The van der Waals surface area contributed by atoms with E-state index < -0.39 is 18.5 Å². The summed E-state index contributed by atoms with van der Waals surface area (Å²) >= 11 is 0. The lowest BCUT2D eigenvalue weighted by molar-refractivity contribution is -0.136. The Balaban J connectivity index is 1.80. The Morgan fingerprint density at radius 3 is 2.46 bits per heavy atom. The van der Waals surface area contributed by atoms with Crippen LogP contribution in [0.2, 0.25) is 0 Å². The van der Waals surface area contributed by atoms with Crippen molar-refractivity contribution in [3.05, 3.63) is 60.2 Å². The maximum absolute atomic E-state index is 12.0. The smallest absolute Gasteiger partial charge is 0.338 e. The summed E-state index contributed by atoms with van der Waals surface area (Å²) in [5.41, 5.74) is 0.921. The number of esters is 1. The van der Waals surface area contributed by atoms with Gasteiger partial charge < -0.3 is 19.7 Å². The van der Waals surface area contributed by atoms with E-state index in [1.807, 2.05) is 0 Å². The third-order valence-corrected chi connectivity index (χ3v) is 3.50. The number of rotatable bonds is 7. The van der Waals surface area contributed by atoms with Crippen molar-refractivity contribution in [3.8, 4) is 5.75 Å². The average molecular weight is 356 g/mol. The van der Waals surface area contributed by atoms with Crippen LogP contribution in [0.5, 0.6) is 5.75 Å². The fraction of sp³-hybridized carbons (Fsp3) is 0.211. The molecule has 0 fully saturated rings. The van der Waals surface area contributed by atoms with Gasteiger partial charge in [0.1, 0.15) is 5.75 Å². The number of nitrogens with zero attached hydrogens (tertiary/aromatic N) is 1. The normalized spacial score (nSPS) is 9.92. The zero-order valence-electron chi connectivity index (χ0n) is 14.6. The number of amides is 2. The van der Waals surface area contributed by atoms with Crippen LogP contribution >= 0.6 is 0 Å². The second-order valence-electron chi connectivity index (χ2n) is 5.47. The third kappa shape index (κ3) is 5.62. The lowest BCUT2D eigenvalue weighted by atomic mass is 10.2. The average Bonchev–Trinajstić information content (AvgIpc) is 2.66. The van der Waals surface area contributed by atoms with Crippen LogP contribution in [0.3, 0.4) is 0 Å². The van der Waals surface area contributed by atoms with E-state index in [4.69, 9.17) is 9.47 Å². The molecule has 0 aliphatic carbocycles. The third-order valence-electron chi connectivity index (χ3n) is 3.50. The summed E-state index contributed by atoms with van der Waals surface area (Å²) in [6.45, 7) is -0.602. The SMILES string of the molecule is COc1cccc(NC(=O)CN(C)C(=O)COC(=O)c2ccccc2)c1. The number of ether oxygens (including phenoxy) is 2. The summed E-state index contributed by atoms with van der Waals surface area (Å²) < 4.78 is 10.0. The van der Waals surface area contributed by atoms with Gasteiger partial charge >= 0.3 is 5.97 Å². The topological polar surface area (TPSA) is 84.9 Å². The van der Waals surface area contributed by atoms with Crippen molar-refractivity contribution in [1.82, 2.24) is 4.90 Å². The van der Waals surface area contributed by atoms with E-state index in [-0.39, 0.29) is 12.5 Å². The van der Waals surface area contributed by atoms with E-state index in [1.54, 1.807) is 54.6 Å². The number of hydrogen-bond donors (Lipinski definition) is 1. The number of methoxy groups -OCH3 is 1. The summed E-state index contributed by atoms with van der Waals surface area (Å²) in [6.07, 6.45) is 0. The van der Waals surface area contributed by atoms with E-state index in [0.29, 0.717) is 17.0 Å². The molecule has 0 atom stereocenters. The van der Waals surface area contributed by atoms with Crippen LogP contribution in [0.4, 0.5) is 5.69 Å². The number of carbonyl (C=O) groups excluding carboxylic acids is 3. The summed E-state index contributed by atoms with van der Waals surface area (Å²) in [5, 5.41) is 2.67. The van der Waals surface area contributed by atoms with Gasteiger partial charge in [-0.25, -0.2) is 4.79 Å². The molecule has 0 heterocycles. The number of nitrogens with one attached hydrogen (secondary N) is 1. The van der Waals surface area contributed by atoms with Crippen molar-refractivity contribution in [2.75, 3.05) is 32.6 Å². The molecule has 2 rings (SSSR count). The van der Waals surface area contributed by atoms with Crippen molar-refractivity contribution < 1.29 is 23.9 Å². The maximum Gasteiger partial charge on any atom is 0.338 e. The van der Waals surface area contributed by atoms with Gasteiger partial charge in [0.25, 0.3) is 5.91 Å². The molecular formula is C19H20N2O5. The number of anilines is 1. The molecule has 0 spiro atoms. The molecule has 0 aliphatic heterocycles. The first kappa shape index (κ1) is 19.0. The highest BCUT2D eigenvalue weighted by Gasteiger charge is 2.16. The molecule has 2 aromatic carbocycles. The molecule has 0 saturated heterocycles. The summed E-state index contributed by atoms with van der Waals surface area (Å²) in [7, 11) is 2.99. The van der Waals surface area contributed by atoms with Crippen molar-refractivity contribution in [2.24, 2.45) is 0 Å².